The highest BCUT2D eigenvalue weighted by Gasteiger charge is 2.34. The molecule has 0 atom stereocenters. The molecular weight excluding hydrogens is 453 g/mol. The van der Waals surface area contributed by atoms with Crippen molar-refractivity contribution < 1.29 is 17.9 Å². The van der Waals surface area contributed by atoms with Crippen LogP contribution in [0.25, 0.3) is 27.7 Å². The Kier molecular flexibility index (Phi) is 5.44. The van der Waals surface area contributed by atoms with Crippen molar-refractivity contribution in [3.8, 4) is 23.0 Å². The van der Waals surface area contributed by atoms with Gasteiger partial charge in [-0.2, -0.15) is 23.7 Å². The highest BCUT2D eigenvalue weighted by atomic mass is 32.1. The Morgan fingerprint density at radius 1 is 1.24 bits per heavy atom. The number of halogens is 3. The largest absolute Gasteiger partial charge is 0.481 e. The summed E-state index contributed by atoms with van der Waals surface area (Å²) in [4.78, 5) is 10.7. The number of thiophene rings is 1. The second kappa shape index (κ2) is 8.11. The van der Waals surface area contributed by atoms with E-state index in [4.69, 9.17) is 4.74 Å². The molecule has 7 nitrogen and oxygen atoms in total. The van der Waals surface area contributed by atoms with Crippen LogP contribution in [0, 0.1) is 36.5 Å². The molecule has 0 aliphatic carbocycles. The average Bonchev–Trinajstić information content (AvgIpc) is 3.46. The standard InChI is InChI=1S/C22H15F3N6OS/c1-11-4-13(12(2)31(11)21-15(9-27)6-18(33-21)22(23,24)25)5-14(8-26)20-29-16-7-19(32-3)28-10-17(16)30-20/h4-7,10H,1-3H3,(H,29,30). The van der Waals surface area contributed by atoms with Crippen molar-refractivity contribution in [2.45, 2.75) is 20.0 Å². The van der Waals surface area contributed by atoms with Gasteiger partial charge in [0.1, 0.15) is 27.8 Å². The zero-order chi connectivity index (χ0) is 23.9. The minimum absolute atomic E-state index is 0.0658. The van der Waals surface area contributed by atoms with Crippen molar-refractivity contribution in [1.29, 1.82) is 10.5 Å². The normalized spacial score (nSPS) is 12.1. The summed E-state index contributed by atoms with van der Waals surface area (Å²) in [5, 5.41) is 19.3. The number of nitriles is 2. The lowest BCUT2D eigenvalue weighted by atomic mass is 10.1. The van der Waals surface area contributed by atoms with Crippen LogP contribution in [0.5, 0.6) is 5.88 Å². The van der Waals surface area contributed by atoms with Crippen molar-refractivity contribution in [1.82, 2.24) is 19.5 Å². The first kappa shape index (κ1) is 22.1. The molecule has 0 unspecified atom stereocenters. The monoisotopic (exact) mass is 468 g/mol. The number of rotatable bonds is 4. The van der Waals surface area contributed by atoms with Gasteiger partial charge in [0, 0.05) is 17.5 Å². The molecule has 11 heteroatoms. The van der Waals surface area contributed by atoms with E-state index in [1.54, 1.807) is 42.8 Å². The third-order valence-corrected chi connectivity index (χ3v) is 6.18. The van der Waals surface area contributed by atoms with Gasteiger partial charge in [-0.1, -0.05) is 0 Å². The fourth-order valence-electron chi connectivity index (χ4n) is 3.45. The van der Waals surface area contributed by atoms with Crippen LogP contribution in [-0.2, 0) is 6.18 Å². The van der Waals surface area contributed by atoms with Gasteiger partial charge in [-0.3, -0.25) is 0 Å². The molecule has 1 N–H and O–H groups in total. The zero-order valence-corrected chi connectivity index (χ0v) is 18.4. The van der Waals surface area contributed by atoms with Crippen LogP contribution in [0.4, 0.5) is 13.2 Å². The number of imidazole rings is 1. The summed E-state index contributed by atoms with van der Waals surface area (Å²) in [6.45, 7) is 3.44. The summed E-state index contributed by atoms with van der Waals surface area (Å²) in [6.07, 6.45) is -1.39. The molecule has 0 aliphatic heterocycles. The zero-order valence-electron chi connectivity index (χ0n) is 17.6. The Labute approximate surface area is 190 Å². The summed E-state index contributed by atoms with van der Waals surface area (Å²) in [7, 11) is 1.49. The fraction of sp³-hybridized carbons (Fsp3) is 0.182. The second-order valence-corrected chi connectivity index (χ2v) is 8.13. The van der Waals surface area contributed by atoms with Gasteiger partial charge in [-0.25, -0.2) is 9.97 Å². The number of alkyl halides is 3. The average molecular weight is 468 g/mol. The first-order valence-corrected chi connectivity index (χ1v) is 10.3. The van der Waals surface area contributed by atoms with E-state index < -0.39 is 11.1 Å². The lowest BCUT2D eigenvalue weighted by molar-refractivity contribution is -0.134. The number of hydrogen-bond acceptors (Lipinski definition) is 6. The molecule has 0 saturated carbocycles. The van der Waals surface area contributed by atoms with Gasteiger partial charge in [0.2, 0.25) is 5.88 Å². The summed E-state index contributed by atoms with van der Waals surface area (Å²) in [5.74, 6) is 0.703. The van der Waals surface area contributed by atoms with E-state index in [1.165, 1.54) is 7.11 Å². The van der Waals surface area contributed by atoms with Crippen LogP contribution in [0.2, 0.25) is 0 Å². The van der Waals surface area contributed by atoms with Gasteiger partial charge < -0.3 is 14.3 Å². The molecule has 4 aromatic heterocycles. The topological polar surface area (TPSA) is 103 Å². The molecule has 4 rings (SSSR count). The molecular formula is C22H15F3N6OS. The summed E-state index contributed by atoms with van der Waals surface area (Å²) >= 11 is 0.506. The lowest BCUT2D eigenvalue weighted by Crippen LogP contribution is -2.01. The second-order valence-electron chi connectivity index (χ2n) is 7.10. The Morgan fingerprint density at radius 2 is 2.00 bits per heavy atom. The van der Waals surface area contributed by atoms with Crippen molar-refractivity contribution in [2.24, 2.45) is 0 Å². The van der Waals surface area contributed by atoms with Gasteiger partial charge in [0.15, 0.2) is 0 Å². The van der Waals surface area contributed by atoms with Crippen molar-refractivity contribution >= 4 is 34.0 Å². The predicted molar refractivity (Wildman–Crippen MR) is 117 cm³/mol. The Hall–Kier alpha value is -4.09. The molecule has 0 spiro atoms. The van der Waals surface area contributed by atoms with Crippen molar-refractivity contribution in [2.75, 3.05) is 7.11 Å². The smallest absolute Gasteiger partial charge is 0.425 e. The van der Waals surface area contributed by atoms with E-state index in [9.17, 15) is 23.7 Å². The Morgan fingerprint density at radius 3 is 2.64 bits per heavy atom. The van der Waals surface area contributed by atoms with E-state index >= 15 is 0 Å². The molecule has 33 heavy (non-hydrogen) atoms. The molecule has 0 radical (unpaired) electrons. The quantitative estimate of drug-likeness (QED) is 0.405. The van der Waals surface area contributed by atoms with Gasteiger partial charge in [0.25, 0.3) is 0 Å². The number of nitrogens with zero attached hydrogens (tertiary/aromatic N) is 5. The number of aromatic nitrogens is 4. The number of aryl methyl sites for hydroxylation is 1. The van der Waals surface area contributed by atoms with Crippen molar-refractivity contribution in [3.63, 3.8) is 0 Å². The van der Waals surface area contributed by atoms with Crippen LogP contribution >= 0.6 is 11.3 Å². The van der Waals surface area contributed by atoms with Gasteiger partial charge >= 0.3 is 6.18 Å². The van der Waals surface area contributed by atoms with Crippen LogP contribution < -0.4 is 4.74 Å². The number of fused-ring (bicyclic) bond motifs is 1. The van der Waals surface area contributed by atoms with E-state index in [2.05, 4.69) is 21.0 Å². The summed E-state index contributed by atoms with van der Waals surface area (Å²) < 4.78 is 46.3. The summed E-state index contributed by atoms with van der Waals surface area (Å²) in [5.41, 5.74) is 3.19. The number of nitrogens with one attached hydrogen (secondary N) is 1. The van der Waals surface area contributed by atoms with Gasteiger partial charge in [0.05, 0.1) is 35.5 Å². The Bertz CT molecular complexity index is 1490. The molecule has 166 valence electrons. The van der Waals surface area contributed by atoms with Crippen molar-refractivity contribution in [3.05, 3.63) is 57.6 Å². The molecule has 4 aromatic rings. The van der Waals surface area contributed by atoms with Crippen LogP contribution in [0.3, 0.4) is 0 Å². The maximum absolute atomic E-state index is 13.2. The van der Waals surface area contributed by atoms with Gasteiger partial charge in [-0.05, 0) is 37.6 Å². The molecule has 0 fully saturated rings. The number of methoxy groups -OCH3 is 1. The third kappa shape index (κ3) is 3.95. The maximum Gasteiger partial charge on any atom is 0.425 e. The number of hydrogen-bond donors (Lipinski definition) is 1. The highest BCUT2D eigenvalue weighted by molar-refractivity contribution is 7.14. The number of H-pyrrole nitrogens is 1. The lowest BCUT2D eigenvalue weighted by Gasteiger charge is -2.08. The van der Waals surface area contributed by atoms with E-state index in [-0.39, 0.29) is 16.1 Å². The third-order valence-electron chi connectivity index (χ3n) is 5.01. The number of ether oxygens (including phenoxy) is 1. The molecule has 0 aliphatic rings. The maximum atomic E-state index is 13.2. The molecule has 0 amide bonds. The van der Waals surface area contributed by atoms with Crippen LogP contribution in [-0.4, -0.2) is 26.6 Å². The van der Waals surface area contributed by atoms with Gasteiger partial charge in [-0.15, -0.1) is 11.3 Å². The number of pyridine rings is 1. The van der Waals surface area contributed by atoms with Crippen LogP contribution in [0.1, 0.15) is 33.2 Å². The van der Waals surface area contributed by atoms with Crippen LogP contribution in [0.15, 0.2) is 24.4 Å². The van der Waals surface area contributed by atoms with E-state index in [0.717, 1.165) is 6.07 Å². The Balaban J connectivity index is 1.81. The first-order chi connectivity index (χ1) is 15.7. The first-order valence-electron chi connectivity index (χ1n) is 9.48. The fourth-order valence-corrected chi connectivity index (χ4v) is 4.54. The van der Waals surface area contributed by atoms with E-state index in [1.807, 2.05) is 6.07 Å². The molecule has 0 bridgehead atoms. The number of allylic oxidation sites excluding steroid dienone is 1. The molecule has 0 saturated heterocycles. The minimum atomic E-state index is -4.54. The minimum Gasteiger partial charge on any atom is -0.481 e. The molecule has 4 heterocycles. The predicted octanol–water partition coefficient (Wildman–Crippen LogP) is 5.39. The number of aromatic amines is 1. The molecule has 0 aromatic carbocycles. The van der Waals surface area contributed by atoms with E-state index in [0.29, 0.717) is 51.0 Å². The highest BCUT2D eigenvalue weighted by Crippen LogP contribution is 2.39. The summed E-state index contributed by atoms with van der Waals surface area (Å²) in [6, 6.07) is 8.18. The SMILES string of the molecule is COc1cc2nc(C(C#N)=Cc3cc(C)n(-c4sc(C(F)(F)F)cc4C#N)c3C)[nH]c2cn1.